The van der Waals surface area contributed by atoms with Crippen molar-refractivity contribution in [3.8, 4) is 0 Å². The van der Waals surface area contributed by atoms with Crippen LogP contribution in [0.25, 0.3) is 0 Å². The Morgan fingerprint density at radius 2 is 0.286 bits per heavy atom. The molecule has 0 aliphatic rings. The predicted molar refractivity (Wildman–Crippen MR) is 192 cm³/mol. The van der Waals surface area contributed by atoms with E-state index in [1.807, 2.05) is 13.8 Å². The summed E-state index contributed by atoms with van der Waals surface area (Å²) < 4.78 is 0. The van der Waals surface area contributed by atoms with Crippen LogP contribution in [-0.2, 0) is 0 Å². The van der Waals surface area contributed by atoms with E-state index in [0.29, 0.717) is 0 Å². The second-order valence-electron chi connectivity index (χ2n) is 12.0. The second-order valence-corrected chi connectivity index (χ2v) is 12.0. The summed E-state index contributed by atoms with van der Waals surface area (Å²) >= 11 is 0. The van der Waals surface area contributed by atoms with Gasteiger partial charge in [0.25, 0.3) is 0 Å². The van der Waals surface area contributed by atoms with E-state index in [4.69, 9.17) is 0 Å². The van der Waals surface area contributed by atoms with Gasteiger partial charge in [0.05, 0.1) is 0 Å². The summed E-state index contributed by atoms with van der Waals surface area (Å²) in [5.74, 6) is 0. The predicted octanol–water partition coefficient (Wildman–Crippen LogP) is 7.10. The van der Waals surface area contributed by atoms with Gasteiger partial charge >= 0.3 is 0 Å². The molecule has 0 rings (SSSR count). The molecule has 0 fully saturated rings. The standard InChI is InChI=1S/C34H76N6.C2H6/c1-9-17-35(18-10-2)25-29-39(30-26-36(19-11-3)20-12-4)33-34-40(31-27-37(21-13-5)22-14-6)32-28-38(23-15-7)24-16-8;1-2/h9-34H2,1-8H3;1-2H3. The highest BCUT2D eigenvalue weighted by Gasteiger charge is 2.15. The largest absolute Gasteiger partial charge is 0.302 e. The van der Waals surface area contributed by atoms with Crippen molar-refractivity contribution < 1.29 is 0 Å². The molecule has 0 heterocycles. The third-order valence-electron chi connectivity index (χ3n) is 7.98. The van der Waals surface area contributed by atoms with Crippen LogP contribution in [0.5, 0.6) is 0 Å². The molecule has 0 aromatic rings. The van der Waals surface area contributed by atoms with E-state index >= 15 is 0 Å². The van der Waals surface area contributed by atoms with Gasteiger partial charge in [0.2, 0.25) is 0 Å². The lowest BCUT2D eigenvalue weighted by Crippen LogP contribution is -2.46. The Morgan fingerprint density at radius 3 is 0.381 bits per heavy atom. The van der Waals surface area contributed by atoms with Gasteiger partial charge in [-0.05, 0) is 104 Å². The van der Waals surface area contributed by atoms with E-state index in [1.165, 1.54) is 169 Å². The summed E-state index contributed by atoms with van der Waals surface area (Å²) in [5.41, 5.74) is 0. The lowest BCUT2D eigenvalue weighted by Gasteiger charge is -2.33. The van der Waals surface area contributed by atoms with Crippen molar-refractivity contribution in [1.29, 1.82) is 0 Å². The molecule has 0 spiro atoms. The van der Waals surface area contributed by atoms with Gasteiger partial charge in [0, 0.05) is 65.4 Å². The summed E-state index contributed by atoms with van der Waals surface area (Å²) in [6.07, 6.45) is 10.1. The van der Waals surface area contributed by atoms with E-state index in [1.54, 1.807) is 0 Å². The first-order valence-electron chi connectivity index (χ1n) is 18.8. The molecule has 6 heteroatoms. The van der Waals surface area contributed by atoms with Crippen LogP contribution in [0.15, 0.2) is 0 Å². The zero-order chi connectivity index (χ0) is 31.8. The SMILES string of the molecule is CC.CCCN(CCC)CCN(CCN(CCC)CCC)CCN(CCN(CCC)CCC)CCN(CCC)CCC. The van der Waals surface area contributed by atoms with Crippen molar-refractivity contribution in [3.63, 3.8) is 0 Å². The lowest BCUT2D eigenvalue weighted by atomic mass is 10.3. The molecule has 42 heavy (non-hydrogen) atoms. The smallest absolute Gasteiger partial charge is 0.0110 e. The van der Waals surface area contributed by atoms with Crippen LogP contribution in [0.1, 0.15) is 121 Å². The molecule has 0 unspecified atom stereocenters. The highest BCUT2D eigenvalue weighted by Crippen LogP contribution is 2.03. The van der Waals surface area contributed by atoms with Crippen molar-refractivity contribution in [2.75, 3.05) is 118 Å². The van der Waals surface area contributed by atoms with Crippen LogP contribution in [0.4, 0.5) is 0 Å². The second kappa shape index (κ2) is 33.6. The molecule has 0 saturated carbocycles. The molecule has 0 saturated heterocycles. The van der Waals surface area contributed by atoms with E-state index in [0.717, 1.165) is 0 Å². The third-order valence-corrected chi connectivity index (χ3v) is 7.98. The normalized spacial score (nSPS) is 12.0. The van der Waals surface area contributed by atoms with Crippen LogP contribution in [-0.4, -0.2) is 147 Å². The van der Waals surface area contributed by atoms with Crippen molar-refractivity contribution in [2.45, 2.75) is 121 Å². The molecule has 0 atom stereocenters. The minimum Gasteiger partial charge on any atom is -0.302 e. The Labute approximate surface area is 267 Å². The molecule has 6 nitrogen and oxygen atoms in total. The lowest BCUT2D eigenvalue weighted by molar-refractivity contribution is 0.136. The average Bonchev–Trinajstić information content (AvgIpc) is 2.99. The maximum atomic E-state index is 2.80. The summed E-state index contributed by atoms with van der Waals surface area (Å²) in [6.45, 7) is 44.6. The van der Waals surface area contributed by atoms with Crippen molar-refractivity contribution >= 4 is 0 Å². The van der Waals surface area contributed by atoms with Crippen LogP contribution in [0, 0.1) is 0 Å². The van der Waals surface area contributed by atoms with Gasteiger partial charge in [-0.15, -0.1) is 0 Å². The van der Waals surface area contributed by atoms with Crippen LogP contribution in [0.3, 0.4) is 0 Å². The van der Waals surface area contributed by atoms with Crippen LogP contribution in [0.2, 0.25) is 0 Å². The molecular formula is C36H82N6. The first kappa shape index (κ1) is 43.9. The fraction of sp³-hybridized carbons (Fsp3) is 1.00. The van der Waals surface area contributed by atoms with Crippen LogP contribution >= 0.6 is 0 Å². The van der Waals surface area contributed by atoms with E-state index in [9.17, 15) is 0 Å². The maximum Gasteiger partial charge on any atom is 0.0110 e. The van der Waals surface area contributed by atoms with Gasteiger partial charge in [0.1, 0.15) is 0 Å². The molecular weight excluding hydrogens is 516 g/mol. The first-order valence-corrected chi connectivity index (χ1v) is 18.8. The Kier molecular flexibility index (Phi) is 35.2. The number of hydrogen-bond donors (Lipinski definition) is 0. The van der Waals surface area contributed by atoms with Gasteiger partial charge in [-0.1, -0.05) is 69.2 Å². The molecule has 0 aliphatic carbocycles. The van der Waals surface area contributed by atoms with Gasteiger partial charge in [-0.25, -0.2) is 0 Å². The monoisotopic (exact) mass is 599 g/mol. The molecule has 0 aromatic carbocycles. The topological polar surface area (TPSA) is 19.4 Å². The summed E-state index contributed by atoms with van der Waals surface area (Å²) in [7, 11) is 0. The molecule has 0 N–H and O–H groups in total. The fourth-order valence-electron chi connectivity index (χ4n) is 5.96. The minimum absolute atomic E-state index is 1.20. The molecule has 256 valence electrons. The zero-order valence-corrected chi connectivity index (χ0v) is 31.1. The van der Waals surface area contributed by atoms with E-state index in [-0.39, 0.29) is 0 Å². The van der Waals surface area contributed by atoms with E-state index in [2.05, 4.69) is 84.8 Å². The van der Waals surface area contributed by atoms with Crippen molar-refractivity contribution in [3.05, 3.63) is 0 Å². The van der Waals surface area contributed by atoms with Gasteiger partial charge in [-0.2, -0.15) is 0 Å². The Hall–Kier alpha value is -0.240. The summed E-state index contributed by atoms with van der Waals surface area (Å²) in [4.78, 5) is 16.4. The van der Waals surface area contributed by atoms with Gasteiger partial charge < -0.3 is 19.6 Å². The first-order chi connectivity index (χ1) is 20.5. The quantitative estimate of drug-likeness (QED) is 0.0842. The highest BCUT2D eigenvalue weighted by atomic mass is 15.3. The highest BCUT2D eigenvalue weighted by molar-refractivity contribution is 4.72. The third kappa shape index (κ3) is 25.1. The fourth-order valence-corrected chi connectivity index (χ4v) is 5.96. The minimum atomic E-state index is 1.20. The summed E-state index contributed by atoms with van der Waals surface area (Å²) in [6, 6.07) is 0. The molecule has 0 radical (unpaired) electrons. The van der Waals surface area contributed by atoms with Crippen molar-refractivity contribution in [2.24, 2.45) is 0 Å². The number of hydrogen-bond acceptors (Lipinski definition) is 6. The Morgan fingerprint density at radius 1 is 0.190 bits per heavy atom. The number of nitrogens with zero attached hydrogens (tertiary/aromatic N) is 6. The molecule has 0 aromatic heterocycles. The Bertz CT molecular complexity index is 397. The van der Waals surface area contributed by atoms with Gasteiger partial charge in [0.15, 0.2) is 0 Å². The Balaban J connectivity index is 0. The van der Waals surface area contributed by atoms with Crippen molar-refractivity contribution in [1.82, 2.24) is 29.4 Å². The maximum absolute atomic E-state index is 2.80. The summed E-state index contributed by atoms with van der Waals surface area (Å²) in [5, 5.41) is 0. The molecule has 0 amide bonds. The average molecular weight is 599 g/mol. The van der Waals surface area contributed by atoms with Gasteiger partial charge in [-0.3, -0.25) is 9.80 Å². The molecule has 0 aliphatic heterocycles. The number of rotatable bonds is 31. The van der Waals surface area contributed by atoms with Crippen LogP contribution < -0.4 is 0 Å². The molecule has 0 bridgehead atoms. The van der Waals surface area contributed by atoms with E-state index < -0.39 is 0 Å². The zero-order valence-electron chi connectivity index (χ0n) is 31.1.